The van der Waals surface area contributed by atoms with Crippen LogP contribution in [0.4, 0.5) is 5.69 Å². The van der Waals surface area contributed by atoms with Crippen molar-refractivity contribution >= 4 is 25.5 Å². The third kappa shape index (κ3) is 4.63. The molecule has 0 radical (unpaired) electrons. The minimum atomic E-state index is -3.69. The predicted molar refractivity (Wildman–Crippen MR) is 70.6 cm³/mol. The Morgan fingerprint density at radius 1 is 1.11 bits per heavy atom. The van der Waals surface area contributed by atoms with Gasteiger partial charge in [0.15, 0.2) is 9.84 Å². The molecule has 1 aromatic rings. The van der Waals surface area contributed by atoms with Crippen molar-refractivity contribution in [3.05, 3.63) is 24.3 Å². The molecule has 0 heterocycles. The summed E-state index contributed by atoms with van der Waals surface area (Å²) in [4.78, 5) is 0.0224. The molecule has 0 aliphatic carbocycles. The zero-order chi connectivity index (χ0) is 13.8. The number of nitrogens with one attached hydrogen (secondary N) is 1. The van der Waals surface area contributed by atoms with Crippen molar-refractivity contribution in [2.75, 3.05) is 23.4 Å². The van der Waals surface area contributed by atoms with Gasteiger partial charge in [0.05, 0.1) is 10.6 Å². The Bertz CT molecular complexity index is 591. The Balaban J connectivity index is 2.61. The first-order valence-corrected chi connectivity index (χ1v) is 8.68. The number of benzene rings is 1. The highest BCUT2D eigenvalue weighted by Crippen LogP contribution is 2.12. The summed E-state index contributed by atoms with van der Waals surface area (Å²) in [6.45, 7) is 1.88. The first-order valence-electron chi connectivity index (χ1n) is 5.32. The number of anilines is 1. The Morgan fingerprint density at radius 2 is 1.67 bits per heavy atom. The zero-order valence-corrected chi connectivity index (χ0v) is 11.6. The number of rotatable bonds is 6. The van der Waals surface area contributed by atoms with Crippen molar-refractivity contribution in [1.82, 2.24) is 0 Å². The van der Waals surface area contributed by atoms with E-state index in [9.17, 15) is 16.8 Å². The van der Waals surface area contributed by atoms with Crippen LogP contribution >= 0.6 is 0 Å². The van der Waals surface area contributed by atoms with Gasteiger partial charge in [-0.2, -0.15) is 0 Å². The summed E-state index contributed by atoms with van der Waals surface area (Å²) in [5.74, 6) is 0.152. The third-order valence-corrected chi connectivity index (χ3v) is 5.00. The van der Waals surface area contributed by atoms with Crippen molar-refractivity contribution in [3.8, 4) is 0 Å². The summed E-state index contributed by atoms with van der Waals surface area (Å²) < 4.78 is 44.5. The van der Waals surface area contributed by atoms with Gasteiger partial charge in [0, 0.05) is 18.0 Å². The molecule has 102 valence electrons. The summed E-state index contributed by atoms with van der Waals surface area (Å²) >= 11 is 0. The highest BCUT2D eigenvalue weighted by Gasteiger charge is 2.08. The maximum Gasteiger partial charge on any atom is 0.238 e. The maximum absolute atomic E-state index is 11.2. The lowest BCUT2D eigenvalue weighted by molar-refractivity contribution is 0.596. The van der Waals surface area contributed by atoms with E-state index in [2.05, 4.69) is 5.32 Å². The quantitative estimate of drug-likeness (QED) is 0.778. The molecule has 0 fully saturated rings. The number of sulfone groups is 1. The predicted octanol–water partition coefficient (Wildman–Crippen LogP) is 0.181. The minimum Gasteiger partial charge on any atom is -0.384 e. The van der Waals surface area contributed by atoms with Crippen molar-refractivity contribution in [2.45, 2.75) is 11.8 Å². The number of nitrogens with two attached hydrogens (primary N) is 1. The Morgan fingerprint density at radius 3 is 2.11 bits per heavy atom. The molecule has 0 saturated carbocycles. The van der Waals surface area contributed by atoms with Crippen LogP contribution in [0.3, 0.4) is 0 Å². The van der Waals surface area contributed by atoms with E-state index in [1.807, 2.05) is 0 Å². The highest BCUT2D eigenvalue weighted by atomic mass is 32.2. The van der Waals surface area contributed by atoms with Gasteiger partial charge in [0.1, 0.15) is 0 Å². The van der Waals surface area contributed by atoms with Crippen LogP contribution in [0.15, 0.2) is 29.2 Å². The van der Waals surface area contributed by atoms with Crippen LogP contribution in [0.1, 0.15) is 6.92 Å². The van der Waals surface area contributed by atoms with E-state index in [-0.39, 0.29) is 22.9 Å². The van der Waals surface area contributed by atoms with Gasteiger partial charge < -0.3 is 5.32 Å². The largest absolute Gasteiger partial charge is 0.384 e. The molecule has 3 N–H and O–H groups in total. The van der Waals surface area contributed by atoms with Crippen LogP contribution in [0.25, 0.3) is 0 Å². The van der Waals surface area contributed by atoms with Crippen molar-refractivity contribution in [3.63, 3.8) is 0 Å². The Kier molecular flexibility index (Phi) is 4.71. The zero-order valence-electron chi connectivity index (χ0n) is 9.96. The topological polar surface area (TPSA) is 106 Å². The Hall–Kier alpha value is -1.12. The molecule has 0 bridgehead atoms. The molecule has 0 aliphatic heterocycles. The highest BCUT2D eigenvalue weighted by molar-refractivity contribution is 7.91. The lowest BCUT2D eigenvalue weighted by atomic mass is 10.3. The molecule has 0 saturated heterocycles. The first-order chi connectivity index (χ1) is 8.24. The lowest BCUT2D eigenvalue weighted by Crippen LogP contribution is -2.17. The monoisotopic (exact) mass is 292 g/mol. The summed E-state index contributed by atoms with van der Waals surface area (Å²) in [6.07, 6.45) is 0. The van der Waals surface area contributed by atoms with Gasteiger partial charge in [-0.05, 0) is 24.3 Å². The lowest BCUT2D eigenvalue weighted by Gasteiger charge is -2.06. The van der Waals surface area contributed by atoms with Crippen molar-refractivity contribution < 1.29 is 16.8 Å². The molecule has 0 aromatic heterocycles. The normalized spacial score (nSPS) is 12.3. The van der Waals surface area contributed by atoms with E-state index < -0.39 is 19.9 Å². The van der Waals surface area contributed by atoms with Gasteiger partial charge in [-0.25, -0.2) is 22.0 Å². The van der Waals surface area contributed by atoms with Crippen LogP contribution < -0.4 is 10.5 Å². The van der Waals surface area contributed by atoms with E-state index in [0.29, 0.717) is 5.69 Å². The third-order valence-electron chi connectivity index (χ3n) is 2.36. The second kappa shape index (κ2) is 5.68. The van der Waals surface area contributed by atoms with Crippen LogP contribution in [-0.4, -0.2) is 34.9 Å². The first kappa shape index (κ1) is 14.9. The molecule has 0 amide bonds. The fourth-order valence-corrected chi connectivity index (χ4v) is 2.47. The Labute approximate surface area is 107 Å². The van der Waals surface area contributed by atoms with Crippen LogP contribution in [0.5, 0.6) is 0 Å². The molecular formula is C10H16N2O4S2. The summed E-state index contributed by atoms with van der Waals surface area (Å²) in [7, 11) is -6.69. The SMILES string of the molecule is CCS(=O)(=O)CCNc1ccc(S(N)(=O)=O)cc1. The van der Waals surface area contributed by atoms with Crippen LogP contribution in [0, 0.1) is 0 Å². The number of hydrogen-bond acceptors (Lipinski definition) is 5. The van der Waals surface area contributed by atoms with Crippen LogP contribution in [-0.2, 0) is 19.9 Å². The van der Waals surface area contributed by atoms with E-state index in [1.54, 1.807) is 6.92 Å². The molecule has 0 spiro atoms. The van der Waals surface area contributed by atoms with E-state index >= 15 is 0 Å². The van der Waals surface area contributed by atoms with Gasteiger partial charge in [0.25, 0.3) is 0 Å². The molecular weight excluding hydrogens is 276 g/mol. The molecule has 8 heteroatoms. The van der Waals surface area contributed by atoms with Gasteiger partial charge in [-0.1, -0.05) is 6.92 Å². The fraction of sp³-hybridized carbons (Fsp3) is 0.400. The molecule has 1 aromatic carbocycles. The molecule has 0 unspecified atom stereocenters. The smallest absolute Gasteiger partial charge is 0.238 e. The van der Waals surface area contributed by atoms with Gasteiger partial charge in [0.2, 0.25) is 10.0 Å². The average Bonchev–Trinajstić information content (AvgIpc) is 2.28. The molecule has 18 heavy (non-hydrogen) atoms. The molecule has 6 nitrogen and oxygen atoms in total. The number of sulfonamides is 1. The van der Waals surface area contributed by atoms with Gasteiger partial charge in [-0.3, -0.25) is 0 Å². The number of primary sulfonamides is 1. The van der Waals surface area contributed by atoms with Crippen molar-refractivity contribution in [1.29, 1.82) is 0 Å². The van der Waals surface area contributed by atoms with Crippen molar-refractivity contribution in [2.24, 2.45) is 5.14 Å². The summed E-state index contributed by atoms with van der Waals surface area (Å²) in [5, 5.41) is 7.85. The summed E-state index contributed by atoms with van der Waals surface area (Å²) in [5.41, 5.74) is 0.647. The molecule has 0 atom stereocenters. The fourth-order valence-electron chi connectivity index (χ4n) is 1.26. The van der Waals surface area contributed by atoms with Gasteiger partial charge in [-0.15, -0.1) is 0 Å². The van der Waals surface area contributed by atoms with Crippen LogP contribution in [0.2, 0.25) is 0 Å². The second-order valence-corrected chi connectivity index (χ2v) is 7.77. The average molecular weight is 292 g/mol. The second-order valence-electron chi connectivity index (χ2n) is 3.73. The minimum absolute atomic E-state index is 0.0224. The maximum atomic E-state index is 11.2. The summed E-state index contributed by atoms with van der Waals surface area (Å²) in [6, 6.07) is 5.81. The van der Waals surface area contributed by atoms with Gasteiger partial charge >= 0.3 is 0 Å². The molecule has 1 rings (SSSR count). The standard InChI is InChI=1S/C10H16N2O4S2/c1-2-17(13,14)8-7-12-9-3-5-10(6-4-9)18(11,15)16/h3-6,12H,2,7-8H2,1H3,(H2,11,15,16). The van der Waals surface area contributed by atoms with E-state index in [1.165, 1.54) is 24.3 Å². The van der Waals surface area contributed by atoms with E-state index in [4.69, 9.17) is 5.14 Å². The molecule has 0 aliphatic rings. The van der Waals surface area contributed by atoms with E-state index in [0.717, 1.165) is 0 Å². The number of hydrogen-bond donors (Lipinski definition) is 2.